The van der Waals surface area contributed by atoms with Gasteiger partial charge in [0.25, 0.3) is 0 Å². The predicted molar refractivity (Wildman–Crippen MR) is 78.6 cm³/mol. The van der Waals surface area contributed by atoms with Gasteiger partial charge in [-0.05, 0) is 48.9 Å². The molecule has 2 nitrogen and oxygen atoms in total. The summed E-state index contributed by atoms with van der Waals surface area (Å²) in [5.41, 5.74) is 0.564. The van der Waals surface area contributed by atoms with Gasteiger partial charge in [-0.3, -0.25) is 0 Å². The smallest absolute Gasteiger partial charge is 0.124 e. The molecule has 2 aromatic carbocycles. The third-order valence-electron chi connectivity index (χ3n) is 3.11. The molecule has 106 valence electrons. The Kier molecular flexibility index (Phi) is 4.40. The monoisotopic (exact) mass is 341 g/mol. The molecule has 5 heteroatoms. The van der Waals surface area contributed by atoms with Gasteiger partial charge in [-0.1, -0.05) is 22.0 Å². The van der Waals surface area contributed by atoms with Crippen molar-refractivity contribution in [2.24, 2.45) is 0 Å². The first-order valence-corrected chi connectivity index (χ1v) is 6.84. The van der Waals surface area contributed by atoms with Gasteiger partial charge in [-0.15, -0.1) is 0 Å². The van der Waals surface area contributed by atoms with Crippen LogP contribution < -0.4 is 5.32 Å². The lowest BCUT2D eigenvalue weighted by molar-refractivity contribution is 0.223. The largest absolute Gasteiger partial charge is 0.394 e. The number of hydrogen-bond acceptors (Lipinski definition) is 2. The fraction of sp³-hybridized carbons (Fsp3) is 0.200. The van der Waals surface area contributed by atoms with E-state index in [2.05, 4.69) is 21.2 Å². The molecule has 0 heterocycles. The van der Waals surface area contributed by atoms with Crippen molar-refractivity contribution >= 4 is 21.6 Å². The van der Waals surface area contributed by atoms with E-state index in [1.54, 1.807) is 25.1 Å². The van der Waals surface area contributed by atoms with Gasteiger partial charge in [0.05, 0.1) is 12.1 Å². The van der Waals surface area contributed by atoms with Gasteiger partial charge in [0.2, 0.25) is 0 Å². The second-order valence-corrected chi connectivity index (χ2v) is 5.60. The van der Waals surface area contributed by atoms with E-state index in [0.29, 0.717) is 15.7 Å². The molecule has 2 rings (SSSR count). The fourth-order valence-corrected chi connectivity index (χ4v) is 2.77. The number of halogens is 3. The number of hydrogen-bond donors (Lipinski definition) is 2. The summed E-state index contributed by atoms with van der Waals surface area (Å²) in [6, 6.07) is 10.1. The maximum atomic E-state index is 13.2. The van der Waals surface area contributed by atoms with Gasteiger partial charge in [0.15, 0.2) is 0 Å². The van der Waals surface area contributed by atoms with E-state index in [-0.39, 0.29) is 18.2 Å². The molecular formula is C15H14BrF2NO. The van der Waals surface area contributed by atoms with E-state index in [9.17, 15) is 13.9 Å². The van der Waals surface area contributed by atoms with Gasteiger partial charge in [0.1, 0.15) is 11.6 Å². The molecule has 0 amide bonds. The standard InChI is InChI=1S/C15H14BrF2NO/c1-15(9-20,13-7-4-11(18)8-14(13)16)19-12-5-2-10(17)3-6-12/h2-8,19-20H,9H2,1H3. The number of benzene rings is 2. The van der Waals surface area contributed by atoms with Crippen molar-refractivity contribution in [1.29, 1.82) is 0 Å². The minimum absolute atomic E-state index is 0.200. The van der Waals surface area contributed by atoms with Crippen molar-refractivity contribution in [2.75, 3.05) is 11.9 Å². The van der Waals surface area contributed by atoms with Crippen molar-refractivity contribution < 1.29 is 13.9 Å². The summed E-state index contributed by atoms with van der Waals surface area (Å²) in [5, 5.41) is 12.8. The number of rotatable bonds is 4. The minimum atomic E-state index is -0.815. The quantitative estimate of drug-likeness (QED) is 0.879. The Morgan fingerprint density at radius 1 is 1.10 bits per heavy atom. The van der Waals surface area contributed by atoms with Crippen LogP contribution >= 0.6 is 15.9 Å². The highest BCUT2D eigenvalue weighted by Gasteiger charge is 2.28. The Balaban J connectivity index is 2.35. The molecule has 1 unspecified atom stereocenters. The first kappa shape index (κ1) is 14.9. The molecular weight excluding hydrogens is 328 g/mol. The predicted octanol–water partition coefficient (Wildman–Crippen LogP) is 4.05. The molecule has 0 fully saturated rings. The zero-order valence-corrected chi connectivity index (χ0v) is 12.4. The van der Waals surface area contributed by atoms with Crippen LogP contribution in [0.1, 0.15) is 12.5 Å². The average Bonchev–Trinajstić information content (AvgIpc) is 2.41. The summed E-state index contributed by atoms with van der Waals surface area (Å²) in [4.78, 5) is 0. The Morgan fingerprint density at radius 2 is 1.70 bits per heavy atom. The van der Waals surface area contributed by atoms with Crippen molar-refractivity contribution in [3.8, 4) is 0 Å². The van der Waals surface area contributed by atoms with Gasteiger partial charge in [0, 0.05) is 10.2 Å². The lowest BCUT2D eigenvalue weighted by Gasteiger charge is -2.31. The highest BCUT2D eigenvalue weighted by Crippen LogP contribution is 2.32. The van der Waals surface area contributed by atoms with Crippen LogP contribution in [0, 0.1) is 11.6 Å². The molecule has 2 N–H and O–H groups in total. The third kappa shape index (κ3) is 3.16. The zero-order chi connectivity index (χ0) is 14.8. The van der Waals surface area contributed by atoms with Crippen LogP contribution in [-0.4, -0.2) is 11.7 Å². The minimum Gasteiger partial charge on any atom is -0.394 e. The molecule has 0 aliphatic rings. The number of aliphatic hydroxyl groups excluding tert-OH is 1. The summed E-state index contributed by atoms with van der Waals surface area (Å²) in [5.74, 6) is -0.688. The lowest BCUT2D eigenvalue weighted by Crippen LogP contribution is -2.36. The van der Waals surface area contributed by atoms with Crippen LogP contribution in [-0.2, 0) is 5.54 Å². The Bertz CT molecular complexity index is 603. The number of aliphatic hydroxyl groups is 1. The summed E-state index contributed by atoms with van der Waals surface area (Å²) in [7, 11) is 0. The van der Waals surface area contributed by atoms with E-state index in [4.69, 9.17) is 0 Å². The number of anilines is 1. The molecule has 0 aliphatic carbocycles. The molecule has 2 aromatic rings. The van der Waals surface area contributed by atoms with Crippen molar-refractivity contribution in [3.05, 3.63) is 64.1 Å². The van der Waals surface area contributed by atoms with Crippen LogP contribution in [0.15, 0.2) is 46.9 Å². The second kappa shape index (κ2) is 5.89. The molecule has 0 radical (unpaired) electrons. The molecule has 0 saturated carbocycles. The molecule has 0 saturated heterocycles. The highest BCUT2D eigenvalue weighted by atomic mass is 79.9. The molecule has 0 bridgehead atoms. The molecule has 0 aliphatic heterocycles. The fourth-order valence-electron chi connectivity index (χ4n) is 1.98. The molecule has 0 aromatic heterocycles. The van der Waals surface area contributed by atoms with Gasteiger partial charge >= 0.3 is 0 Å². The van der Waals surface area contributed by atoms with Crippen LogP contribution in [0.25, 0.3) is 0 Å². The van der Waals surface area contributed by atoms with E-state index in [0.717, 1.165) is 0 Å². The summed E-state index contributed by atoms with van der Waals surface area (Å²) >= 11 is 3.30. The van der Waals surface area contributed by atoms with Crippen LogP contribution in [0.4, 0.5) is 14.5 Å². The van der Waals surface area contributed by atoms with Crippen LogP contribution in [0.3, 0.4) is 0 Å². The maximum Gasteiger partial charge on any atom is 0.124 e. The maximum absolute atomic E-state index is 13.2. The van der Waals surface area contributed by atoms with E-state index in [1.807, 2.05) is 0 Å². The van der Waals surface area contributed by atoms with Crippen molar-refractivity contribution in [3.63, 3.8) is 0 Å². The van der Waals surface area contributed by atoms with Crippen LogP contribution in [0.5, 0.6) is 0 Å². The molecule has 20 heavy (non-hydrogen) atoms. The van der Waals surface area contributed by atoms with Crippen molar-refractivity contribution in [1.82, 2.24) is 0 Å². The van der Waals surface area contributed by atoms with Gasteiger partial charge in [-0.25, -0.2) is 8.78 Å². The highest BCUT2D eigenvalue weighted by molar-refractivity contribution is 9.10. The Morgan fingerprint density at radius 3 is 2.25 bits per heavy atom. The average molecular weight is 342 g/mol. The second-order valence-electron chi connectivity index (χ2n) is 4.75. The zero-order valence-electron chi connectivity index (χ0n) is 10.8. The molecule has 1 atom stereocenters. The molecule has 0 spiro atoms. The summed E-state index contributed by atoms with van der Waals surface area (Å²) < 4.78 is 26.6. The number of nitrogens with one attached hydrogen (secondary N) is 1. The Labute approximate surface area is 124 Å². The first-order chi connectivity index (χ1) is 9.44. The topological polar surface area (TPSA) is 32.3 Å². The summed E-state index contributed by atoms with van der Waals surface area (Å²) in [6.07, 6.45) is 0. The summed E-state index contributed by atoms with van der Waals surface area (Å²) in [6.45, 7) is 1.59. The SMILES string of the molecule is CC(CO)(Nc1ccc(F)cc1)c1ccc(F)cc1Br. The van der Waals surface area contributed by atoms with Gasteiger partial charge in [-0.2, -0.15) is 0 Å². The van der Waals surface area contributed by atoms with E-state index < -0.39 is 5.54 Å². The van der Waals surface area contributed by atoms with Crippen LogP contribution in [0.2, 0.25) is 0 Å². The van der Waals surface area contributed by atoms with Gasteiger partial charge < -0.3 is 10.4 Å². The van der Waals surface area contributed by atoms with E-state index in [1.165, 1.54) is 24.3 Å². The van der Waals surface area contributed by atoms with Crippen molar-refractivity contribution in [2.45, 2.75) is 12.5 Å². The van der Waals surface area contributed by atoms with E-state index >= 15 is 0 Å². The first-order valence-electron chi connectivity index (χ1n) is 6.05. The Hall–Kier alpha value is -1.46. The third-order valence-corrected chi connectivity index (χ3v) is 3.76. The normalized spacial score (nSPS) is 13.8. The lowest BCUT2D eigenvalue weighted by atomic mass is 9.92.